The molecule has 6 nitrogen and oxygen atoms in total. The van der Waals surface area contributed by atoms with Crippen LogP contribution < -0.4 is 5.43 Å². The van der Waals surface area contributed by atoms with Crippen LogP contribution in [0.4, 0.5) is 0 Å². The Kier molecular flexibility index (Phi) is 2.86. The molecule has 1 aromatic carbocycles. The average Bonchev–Trinajstić information content (AvgIpc) is 3.31. The topological polar surface area (TPSA) is 79.4 Å². The maximum absolute atomic E-state index is 12.6. The van der Waals surface area contributed by atoms with Crippen LogP contribution in [0, 0.1) is 23.7 Å². The number of nitrogens with one attached hydrogen (secondary N) is 1. The molecule has 1 N–H and O–H groups in total. The maximum Gasteiger partial charge on any atom is 0.288 e. The standard InChI is InChI=1S/C19H15N3O3/c23-17(14-8-7-10-3-1-2-4-13(10)20-14)21-22-18(24)15-11-5-6-12(9-11)16(15)19(22)25/h1-8,11-12,15-16H,9H2,(H,21,23)/t11-,12+,15-,16+. The van der Waals surface area contributed by atoms with E-state index in [0.717, 1.165) is 16.8 Å². The molecule has 3 aliphatic rings. The van der Waals surface area contributed by atoms with Crippen molar-refractivity contribution in [3.63, 3.8) is 0 Å². The van der Waals surface area contributed by atoms with Gasteiger partial charge in [0.15, 0.2) is 0 Å². The van der Waals surface area contributed by atoms with Crippen molar-refractivity contribution in [2.24, 2.45) is 23.7 Å². The Morgan fingerprint density at radius 3 is 2.40 bits per heavy atom. The highest BCUT2D eigenvalue weighted by molar-refractivity contribution is 6.08. The third kappa shape index (κ3) is 1.97. The largest absolute Gasteiger partial charge is 0.288 e. The van der Waals surface area contributed by atoms with E-state index in [0.29, 0.717) is 5.52 Å². The number of carbonyl (C=O) groups excluding carboxylic acids is 3. The molecule has 1 saturated carbocycles. The molecule has 2 aliphatic carbocycles. The van der Waals surface area contributed by atoms with E-state index in [-0.39, 0.29) is 41.2 Å². The molecule has 0 spiro atoms. The number of hydrogen-bond acceptors (Lipinski definition) is 4. The molecule has 124 valence electrons. The zero-order valence-corrected chi connectivity index (χ0v) is 13.3. The Labute approximate surface area is 143 Å². The van der Waals surface area contributed by atoms with Crippen LogP contribution in [-0.4, -0.2) is 27.7 Å². The number of fused-ring (bicyclic) bond motifs is 6. The van der Waals surface area contributed by atoms with Gasteiger partial charge in [-0.3, -0.25) is 19.8 Å². The van der Waals surface area contributed by atoms with E-state index >= 15 is 0 Å². The minimum atomic E-state index is -0.548. The van der Waals surface area contributed by atoms with Crippen LogP contribution in [0.3, 0.4) is 0 Å². The fourth-order valence-electron chi connectivity index (χ4n) is 4.36. The lowest BCUT2D eigenvalue weighted by Gasteiger charge is -2.17. The molecule has 2 heterocycles. The molecule has 25 heavy (non-hydrogen) atoms. The van der Waals surface area contributed by atoms with Crippen molar-refractivity contribution in [3.05, 3.63) is 54.2 Å². The SMILES string of the molecule is O=C(NN1C(=O)[C@@H]2[C@H](C1=O)[C@@H]1C=C[C@H]2C1)c1ccc2ccccc2n1. The van der Waals surface area contributed by atoms with Crippen molar-refractivity contribution >= 4 is 28.6 Å². The zero-order chi connectivity index (χ0) is 17.1. The summed E-state index contributed by atoms with van der Waals surface area (Å²) in [5, 5.41) is 1.82. The van der Waals surface area contributed by atoms with Crippen LogP contribution in [0.15, 0.2) is 48.6 Å². The van der Waals surface area contributed by atoms with Gasteiger partial charge in [0.2, 0.25) is 0 Å². The normalized spacial score (nSPS) is 29.5. The first-order chi connectivity index (χ1) is 12.1. The Hall–Kier alpha value is -3.02. The smallest absolute Gasteiger partial charge is 0.272 e. The number of amides is 3. The van der Waals surface area contributed by atoms with Crippen molar-refractivity contribution in [2.45, 2.75) is 6.42 Å². The lowest BCUT2D eigenvalue weighted by atomic mass is 9.85. The zero-order valence-electron chi connectivity index (χ0n) is 13.3. The highest BCUT2D eigenvalue weighted by atomic mass is 16.2. The number of aromatic nitrogens is 1. The lowest BCUT2D eigenvalue weighted by Crippen LogP contribution is -2.47. The van der Waals surface area contributed by atoms with E-state index in [1.807, 2.05) is 36.4 Å². The second kappa shape index (κ2) is 4.99. The summed E-state index contributed by atoms with van der Waals surface area (Å²) in [4.78, 5) is 42.0. The van der Waals surface area contributed by atoms with Crippen molar-refractivity contribution in [2.75, 3.05) is 0 Å². The van der Waals surface area contributed by atoms with Crippen LogP contribution in [0.2, 0.25) is 0 Å². The molecule has 1 aromatic heterocycles. The van der Waals surface area contributed by atoms with Gasteiger partial charge in [0, 0.05) is 5.39 Å². The Balaban J connectivity index is 1.40. The van der Waals surface area contributed by atoms with Crippen LogP contribution in [0.1, 0.15) is 16.9 Å². The van der Waals surface area contributed by atoms with E-state index in [9.17, 15) is 14.4 Å². The number of imide groups is 1. The summed E-state index contributed by atoms with van der Waals surface area (Å²) < 4.78 is 0. The summed E-state index contributed by atoms with van der Waals surface area (Å²) in [5.74, 6) is -1.58. The van der Waals surface area contributed by atoms with Gasteiger partial charge in [0.1, 0.15) is 5.69 Å². The van der Waals surface area contributed by atoms with Crippen LogP contribution in [0.5, 0.6) is 0 Å². The molecule has 2 aromatic rings. The maximum atomic E-state index is 12.6. The first-order valence-electron chi connectivity index (χ1n) is 8.36. The molecular formula is C19H15N3O3. The molecular weight excluding hydrogens is 318 g/mol. The van der Waals surface area contributed by atoms with E-state index < -0.39 is 5.91 Å². The average molecular weight is 333 g/mol. The van der Waals surface area contributed by atoms with Gasteiger partial charge in [-0.1, -0.05) is 36.4 Å². The first-order valence-corrected chi connectivity index (χ1v) is 8.36. The van der Waals surface area contributed by atoms with Gasteiger partial charge in [0.25, 0.3) is 17.7 Å². The second-order valence-corrected chi connectivity index (χ2v) is 6.84. The van der Waals surface area contributed by atoms with E-state index in [1.165, 1.54) is 0 Å². The van der Waals surface area contributed by atoms with Crippen LogP contribution in [0.25, 0.3) is 10.9 Å². The van der Waals surface area contributed by atoms with E-state index in [4.69, 9.17) is 0 Å². The molecule has 1 saturated heterocycles. The number of para-hydroxylation sites is 1. The fourth-order valence-corrected chi connectivity index (χ4v) is 4.36. The summed E-state index contributed by atoms with van der Waals surface area (Å²) in [6.07, 6.45) is 4.90. The summed E-state index contributed by atoms with van der Waals surface area (Å²) in [5.41, 5.74) is 3.33. The minimum Gasteiger partial charge on any atom is -0.272 e. The lowest BCUT2D eigenvalue weighted by molar-refractivity contribution is -0.143. The van der Waals surface area contributed by atoms with Crippen molar-refractivity contribution in [3.8, 4) is 0 Å². The molecule has 1 aliphatic heterocycles. The fraction of sp³-hybridized carbons (Fsp3) is 0.263. The number of benzene rings is 1. The second-order valence-electron chi connectivity index (χ2n) is 6.84. The summed E-state index contributed by atoms with van der Waals surface area (Å²) in [6, 6.07) is 10.8. The third-order valence-corrected chi connectivity index (χ3v) is 5.51. The number of hydrazine groups is 1. The predicted molar refractivity (Wildman–Crippen MR) is 88.8 cm³/mol. The molecule has 4 atom stereocenters. The van der Waals surface area contributed by atoms with Crippen molar-refractivity contribution < 1.29 is 14.4 Å². The number of allylic oxidation sites excluding steroid dienone is 2. The Morgan fingerprint density at radius 1 is 1.00 bits per heavy atom. The molecule has 3 amide bonds. The van der Waals surface area contributed by atoms with Crippen molar-refractivity contribution in [1.82, 2.24) is 15.4 Å². The molecule has 5 rings (SSSR count). The quantitative estimate of drug-likeness (QED) is 0.670. The van der Waals surface area contributed by atoms with Gasteiger partial charge in [-0.2, -0.15) is 5.01 Å². The number of carbonyl (C=O) groups is 3. The number of hydrogen-bond donors (Lipinski definition) is 1. The van der Waals surface area contributed by atoms with Gasteiger partial charge in [0.05, 0.1) is 17.4 Å². The van der Waals surface area contributed by atoms with Gasteiger partial charge in [-0.15, -0.1) is 0 Å². The highest BCUT2D eigenvalue weighted by Crippen LogP contribution is 2.52. The highest BCUT2D eigenvalue weighted by Gasteiger charge is 2.59. The van der Waals surface area contributed by atoms with Gasteiger partial charge >= 0.3 is 0 Å². The minimum absolute atomic E-state index is 0.118. The van der Waals surface area contributed by atoms with Crippen molar-refractivity contribution in [1.29, 1.82) is 0 Å². The number of rotatable bonds is 2. The first kappa shape index (κ1) is 14.3. The summed E-state index contributed by atoms with van der Waals surface area (Å²) in [6.45, 7) is 0. The van der Waals surface area contributed by atoms with E-state index in [1.54, 1.807) is 12.1 Å². The van der Waals surface area contributed by atoms with Gasteiger partial charge in [-0.05, 0) is 30.4 Å². The summed E-state index contributed by atoms with van der Waals surface area (Å²) in [7, 11) is 0. The molecule has 2 fully saturated rings. The van der Waals surface area contributed by atoms with Gasteiger partial charge in [-0.25, -0.2) is 4.98 Å². The third-order valence-electron chi connectivity index (χ3n) is 5.51. The monoisotopic (exact) mass is 333 g/mol. The number of pyridine rings is 1. The van der Waals surface area contributed by atoms with E-state index in [2.05, 4.69) is 10.4 Å². The van der Waals surface area contributed by atoms with Gasteiger partial charge < -0.3 is 0 Å². The molecule has 2 bridgehead atoms. The molecule has 0 radical (unpaired) electrons. The molecule has 6 heteroatoms. The van der Waals surface area contributed by atoms with Crippen LogP contribution in [-0.2, 0) is 9.59 Å². The Morgan fingerprint density at radius 2 is 1.68 bits per heavy atom. The predicted octanol–water partition coefficient (Wildman–Crippen LogP) is 1.69. The number of nitrogens with zero attached hydrogens (tertiary/aromatic N) is 2. The van der Waals surface area contributed by atoms with Crippen LogP contribution >= 0.6 is 0 Å². The Bertz CT molecular complexity index is 937. The summed E-state index contributed by atoms with van der Waals surface area (Å²) >= 11 is 0. The molecule has 0 unspecified atom stereocenters.